The maximum absolute atomic E-state index is 9.89. The molecule has 1 aliphatic heterocycles. The second kappa shape index (κ2) is 1.60. The topological polar surface area (TPSA) is 29.5 Å². The van der Waals surface area contributed by atoms with Crippen LogP contribution in [0.2, 0.25) is 0 Å². The molecule has 0 aromatic carbocycles. The van der Waals surface area contributed by atoms with Crippen LogP contribution in [0.1, 0.15) is 25.7 Å². The smallest absolute Gasteiger partial charge is 0.103 e. The van der Waals surface area contributed by atoms with Gasteiger partial charge in [0.25, 0.3) is 0 Å². The van der Waals surface area contributed by atoms with Crippen LogP contribution < -0.4 is 0 Å². The number of hydrogen-bond acceptors (Lipinski definition) is 2. The highest BCUT2D eigenvalue weighted by molar-refractivity contribution is 5.23. The molecule has 2 nitrogen and oxygen atoms in total. The fourth-order valence-corrected chi connectivity index (χ4v) is 4.58. The molecule has 4 rings (SSSR count). The Hall–Kier alpha value is -0.0800. The molecule has 1 saturated heterocycles. The Kier molecular flexibility index (Phi) is 0.851. The van der Waals surface area contributed by atoms with Crippen molar-refractivity contribution >= 4 is 0 Å². The van der Waals surface area contributed by atoms with Crippen molar-refractivity contribution < 1.29 is 9.84 Å². The Balaban J connectivity index is 1.86. The number of hydrogen-bond donors (Lipinski definition) is 1. The first-order chi connectivity index (χ1) is 5.82. The van der Waals surface area contributed by atoms with Crippen LogP contribution in [0.5, 0.6) is 0 Å². The fourth-order valence-electron chi connectivity index (χ4n) is 4.58. The number of aliphatic hydroxyl groups excluding tert-OH is 1. The van der Waals surface area contributed by atoms with Gasteiger partial charge in [-0.1, -0.05) is 0 Å². The van der Waals surface area contributed by atoms with E-state index in [2.05, 4.69) is 0 Å². The SMILES string of the molecule is OC1CCC2C3CC4OC12C4C3. The van der Waals surface area contributed by atoms with Gasteiger partial charge in [0.1, 0.15) is 5.60 Å². The minimum atomic E-state index is -0.131. The predicted molar refractivity (Wildman–Crippen MR) is 42.5 cm³/mol. The zero-order valence-electron chi connectivity index (χ0n) is 7.07. The van der Waals surface area contributed by atoms with Crippen molar-refractivity contribution in [2.45, 2.75) is 43.5 Å². The summed E-state index contributed by atoms with van der Waals surface area (Å²) >= 11 is 0. The average Bonchev–Trinajstić information content (AvgIpc) is 2.62. The maximum atomic E-state index is 9.89. The summed E-state index contributed by atoms with van der Waals surface area (Å²) in [5.74, 6) is 2.37. The standard InChI is InChI=1S/C10H14O2/c11-9-2-1-6-5-3-7-8(4-5)12-10(6,7)9/h5-9,11H,1-4H2. The molecular weight excluding hydrogens is 152 g/mol. The first-order valence-corrected chi connectivity index (χ1v) is 5.18. The number of ether oxygens (including phenoxy) is 1. The zero-order chi connectivity index (χ0) is 7.92. The van der Waals surface area contributed by atoms with Crippen molar-refractivity contribution in [2.24, 2.45) is 17.8 Å². The molecule has 3 saturated carbocycles. The van der Waals surface area contributed by atoms with Gasteiger partial charge in [0, 0.05) is 5.92 Å². The molecule has 1 N–H and O–H groups in total. The van der Waals surface area contributed by atoms with Crippen molar-refractivity contribution in [2.75, 3.05) is 0 Å². The van der Waals surface area contributed by atoms with Crippen LogP contribution in [0.3, 0.4) is 0 Å². The second-order valence-electron chi connectivity index (χ2n) is 5.05. The van der Waals surface area contributed by atoms with E-state index in [0.717, 1.165) is 24.2 Å². The molecule has 1 heterocycles. The van der Waals surface area contributed by atoms with Gasteiger partial charge in [-0.25, -0.2) is 0 Å². The molecule has 6 unspecified atom stereocenters. The van der Waals surface area contributed by atoms with Gasteiger partial charge < -0.3 is 9.84 Å². The highest BCUT2D eigenvalue weighted by Crippen LogP contribution is 2.70. The molecule has 1 spiro atoms. The Morgan fingerprint density at radius 3 is 2.92 bits per heavy atom. The van der Waals surface area contributed by atoms with Crippen LogP contribution in [0.4, 0.5) is 0 Å². The molecule has 6 atom stereocenters. The predicted octanol–water partition coefficient (Wildman–Crippen LogP) is 0.935. The molecular formula is C10H14O2. The average molecular weight is 166 g/mol. The van der Waals surface area contributed by atoms with Crippen molar-refractivity contribution in [3.8, 4) is 0 Å². The Bertz CT molecular complexity index is 252. The third-order valence-corrected chi connectivity index (χ3v) is 4.90. The van der Waals surface area contributed by atoms with Crippen molar-refractivity contribution in [1.29, 1.82) is 0 Å². The van der Waals surface area contributed by atoms with E-state index in [4.69, 9.17) is 4.74 Å². The lowest BCUT2D eigenvalue weighted by molar-refractivity contribution is -0.301. The monoisotopic (exact) mass is 166 g/mol. The van der Waals surface area contributed by atoms with E-state index in [9.17, 15) is 5.11 Å². The van der Waals surface area contributed by atoms with Gasteiger partial charge in [-0.3, -0.25) is 0 Å². The van der Waals surface area contributed by atoms with Crippen LogP contribution in [0, 0.1) is 17.8 Å². The van der Waals surface area contributed by atoms with Gasteiger partial charge >= 0.3 is 0 Å². The van der Waals surface area contributed by atoms with E-state index in [-0.39, 0.29) is 11.7 Å². The summed E-state index contributed by atoms with van der Waals surface area (Å²) < 4.78 is 5.90. The van der Waals surface area contributed by atoms with Crippen LogP contribution >= 0.6 is 0 Å². The van der Waals surface area contributed by atoms with Crippen LogP contribution in [-0.4, -0.2) is 22.9 Å². The first kappa shape index (κ1) is 6.39. The van der Waals surface area contributed by atoms with Crippen LogP contribution in [0.25, 0.3) is 0 Å². The minimum Gasteiger partial charge on any atom is -0.390 e. The Morgan fingerprint density at radius 1 is 1.17 bits per heavy atom. The van der Waals surface area contributed by atoms with Gasteiger partial charge in [-0.05, 0) is 37.5 Å². The summed E-state index contributed by atoms with van der Waals surface area (Å²) in [6, 6.07) is 0. The molecule has 0 aromatic heterocycles. The van der Waals surface area contributed by atoms with Gasteiger partial charge in [0.15, 0.2) is 0 Å². The molecule has 4 aliphatic rings. The van der Waals surface area contributed by atoms with Gasteiger partial charge in [-0.2, -0.15) is 0 Å². The van der Waals surface area contributed by atoms with E-state index in [1.54, 1.807) is 0 Å². The summed E-state index contributed by atoms with van der Waals surface area (Å²) in [6.45, 7) is 0. The van der Waals surface area contributed by atoms with E-state index in [0.29, 0.717) is 6.10 Å². The van der Waals surface area contributed by atoms with Crippen molar-refractivity contribution in [3.63, 3.8) is 0 Å². The lowest BCUT2D eigenvalue weighted by Gasteiger charge is -2.56. The third-order valence-electron chi connectivity index (χ3n) is 4.90. The van der Waals surface area contributed by atoms with Crippen molar-refractivity contribution in [3.05, 3.63) is 0 Å². The molecule has 12 heavy (non-hydrogen) atoms. The molecule has 2 heteroatoms. The van der Waals surface area contributed by atoms with E-state index < -0.39 is 0 Å². The summed E-state index contributed by atoms with van der Waals surface area (Å²) in [4.78, 5) is 0. The fraction of sp³-hybridized carbons (Fsp3) is 1.00. The first-order valence-electron chi connectivity index (χ1n) is 5.18. The summed E-state index contributed by atoms with van der Waals surface area (Å²) in [5, 5.41) is 9.89. The van der Waals surface area contributed by atoms with Gasteiger partial charge in [0.2, 0.25) is 0 Å². The summed E-state index contributed by atoms with van der Waals surface area (Å²) in [7, 11) is 0. The van der Waals surface area contributed by atoms with Gasteiger partial charge in [0.05, 0.1) is 12.2 Å². The molecule has 66 valence electrons. The van der Waals surface area contributed by atoms with Crippen LogP contribution in [0.15, 0.2) is 0 Å². The molecule has 3 aliphatic carbocycles. The number of aliphatic hydroxyl groups is 1. The Morgan fingerprint density at radius 2 is 2.08 bits per heavy atom. The summed E-state index contributed by atoms with van der Waals surface area (Å²) in [5.41, 5.74) is -0.0203. The number of rotatable bonds is 0. The highest BCUT2D eigenvalue weighted by Gasteiger charge is 2.75. The lowest BCUT2D eigenvalue weighted by Crippen LogP contribution is -2.65. The largest absolute Gasteiger partial charge is 0.390 e. The van der Waals surface area contributed by atoms with Crippen molar-refractivity contribution in [1.82, 2.24) is 0 Å². The molecule has 0 aromatic rings. The molecule has 0 amide bonds. The van der Waals surface area contributed by atoms with E-state index >= 15 is 0 Å². The highest BCUT2D eigenvalue weighted by atomic mass is 16.6. The van der Waals surface area contributed by atoms with Gasteiger partial charge in [-0.15, -0.1) is 0 Å². The molecule has 2 bridgehead atoms. The van der Waals surface area contributed by atoms with E-state index in [1.807, 2.05) is 0 Å². The second-order valence-corrected chi connectivity index (χ2v) is 5.05. The molecule has 0 radical (unpaired) electrons. The van der Waals surface area contributed by atoms with Crippen LogP contribution in [-0.2, 0) is 4.74 Å². The number of fused-ring (bicyclic) bond motifs is 2. The quantitative estimate of drug-likeness (QED) is 0.580. The maximum Gasteiger partial charge on any atom is 0.103 e. The lowest BCUT2D eigenvalue weighted by atomic mass is 9.70. The normalized spacial score (nSPS) is 71.2. The zero-order valence-corrected chi connectivity index (χ0v) is 7.07. The minimum absolute atomic E-state index is 0.0203. The third kappa shape index (κ3) is 0.409. The summed E-state index contributed by atoms with van der Waals surface area (Å²) in [6.07, 6.45) is 5.27. The molecule has 4 fully saturated rings. The Labute approximate surface area is 71.9 Å². The van der Waals surface area contributed by atoms with E-state index in [1.165, 1.54) is 19.3 Å².